The number of para-hydroxylation sites is 1. The van der Waals surface area contributed by atoms with Crippen LogP contribution < -0.4 is 4.74 Å². The van der Waals surface area contributed by atoms with E-state index in [4.69, 9.17) is 4.74 Å². The van der Waals surface area contributed by atoms with E-state index in [9.17, 15) is 4.79 Å². The van der Waals surface area contributed by atoms with Gasteiger partial charge >= 0.3 is 0 Å². The van der Waals surface area contributed by atoms with Crippen LogP contribution in [0.25, 0.3) is 11.4 Å². The molecule has 0 aliphatic carbocycles. The van der Waals surface area contributed by atoms with Crippen molar-refractivity contribution in [3.8, 4) is 17.1 Å². The van der Waals surface area contributed by atoms with Gasteiger partial charge in [0.2, 0.25) is 5.91 Å². The maximum absolute atomic E-state index is 12.6. The molecule has 1 fully saturated rings. The van der Waals surface area contributed by atoms with Crippen LogP contribution >= 0.6 is 11.8 Å². The Morgan fingerprint density at radius 3 is 2.68 bits per heavy atom. The summed E-state index contributed by atoms with van der Waals surface area (Å²) < 4.78 is 7.48. The van der Waals surface area contributed by atoms with Gasteiger partial charge in [0.05, 0.1) is 17.9 Å². The highest BCUT2D eigenvalue weighted by Crippen LogP contribution is 2.32. The van der Waals surface area contributed by atoms with Crippen LogP contribution in [0.5, 0.6) is 5.75 Å². The van der Waals surface area contributed by atoms with E-state index in [1.54, 1.807) is 7.11 Å². The summed E-state index contributed by atoms with van der Waals surface area (Å²) in [6.45, 7) is 6.47. The molecule has 1 saturated heterocycles. The van der Waals surface area contributed by atoms with E-state index in [-0.39, 0.29) is 11.2 Å². The third kappa shape index (κ3) is 3.66. The number of ether oxygens (including phenoxy) is 1. The molecule has 7 heteroatoms. The summed E-state index contributed by atoms with van der Waals surface area (Å²) in [4.78, 5) is 14.5. The van der Waals surface area contributed by atoms with Crippen molar-refractivity contribution in [1.82, 2.24) is 19.7 Å². The maximum Gasteiger partial charge on any atom is 0.235 e. The summed E-state index contributed by atoms with van der Waals surface area (Å²) >= 11 is 1.48. The molecule has 1 amide bonds. The average Bonchev–Trinajstić information content (AvgIpc) is 3.30. The lowest BCUT2D eigenvalue weighted by Gasteiger charge is -2.19. The standard InChI is InChI=1S/C18H24N4O2S/c1-4-22-16(14-9-5-6-10-15(14)24-3)19-20-18(22)25-13(2)17(23)21-11-7-8-12-21/h5-6,9-10,13H,4,7-8,11-12H2,1-3H3. The van der Waals surface area contributed by atoms with Gasteiger partial charge in [-0.2, -0.15) is 0 Å². The Morgan fingerprint density at radius 1 is 1.28 bits per heavy atom. The summed E-state index contributed by atoms with van der Waals surface area (Å²) in [6.07, 6.45) is 2.21. The smallest absolute Gasteiger partial charge is 0.235 e. The molecule has 1 unspecified atom stereocenters. The largest absolute Gasteiger partial charge is 0.496 e. The lowest BCUT2D eigenvalue weighted by molar-refractivity contribution is -0.129. The van der Waals surface area contributed by atoms with Crippen molar-refractivity contribution in [2.24, 2.45) is 0 Å². The number of hydrogen-bond donors (Lipinski definition) is 0. The molecule has 1 aromatic carbocycles. The van der Waals surface area contributed by atoms with Gasteiger partial charge in [-0.05, 0) is 38.8 Å². The predicted octanol–water partition coefficient (Wildman–Crippen LogP) is 3.08. The van der Waals surface area contributed by atoms with Gasteiger partial charge < -0.3 is 14.2 Å². The van der Waals surface area contributed by atoms with Gasteiger partial charge in [0, 0.05) is 19.6 Å². The van der Waals surface area contributed by atoms with E-state index < -0.39 is 0 Å². The third-order valence-corrected chi connectivity index (χ3v) is 5.50. The normalized spacial score (nSPS) is 15.4. The first-order chi connectivity index (χ1) is 12.2. The summed E-state index contributed by atoms with van der Waals surface area (Å²) in [5, 5.41) is 9.30. The number of carbonyl (C=O) groups is 1. The molecular weight excluding hydrogens is 336 g/mol. The fourth-order valence-electron chi connectivity index (χ4n) is 3.09. The monoisotopic (exact) mass is 360 g/mol. The molecule has 1 aliphatic heterocycles. The SMILES string of the molecule is CCn1c(SC(C)C(=O)N2CCCC2)nnc1-c1ccccc1OC. The number of aromatic nitrogens is 3. The van der Waals surface area contributed by atoms with E-state index >= 15 is 0 Å². The van der Waals surface area contributed by atoms with E-state index in [1.807, 2.05) is 40.7 Å². The van der Waals surface area contributed by atoms with Gasteiger partial charge in [-0.1, -0.05) is 23.9 Å². The molecule has 2 aromatic rings. The number of rotatable bonds is 6. The van der Waals surface area contributed by atoms with Crippen molar-refractivity contribution >= 4 is 17.7 Å². The second kappa shape index (κ2) is 7.91. The van der Waals surface area contributed by atoms with Crippen LogP contribution in [0.2, 0.25) is 0 Å². The molecule has 0 bridgehead atoms. The summed E-state index contributed by atoms with van der Waals surface area (Å²) in [5.41, 5.74) is 0.907. The molecule has 6 nitrogen and oxygen atoms in total. The van der Waals surface area contributed by atoms with Crippen LogP contribution in [-0.2, 0) is 11.3 Å². The van der Waals surface area contributed by atoms with Crippen LogP contribution in [0, 0.1) is 0 Å². The molecule has 1 atom stereocenters. The van der Waals surface area contributed by atoms with E-state index in [0.29, 0.717) is 0 Å². The number of thioether (sulfide) groups is 1. The predicted molar refractivity (Wildman–Crippen MR) is 98.8 cm³/mol. The number of methoxy groups -OCH3 is 1. The molecule has 2 heterocycles. The molecule has 134 valence electrons. The molecular formula is C18H24N4O2S. The Labute approximate surface area is 152 Å². The first kappa shape index (κ1) is 17.8. The molecule has 1 aromatic heterocycles. The Morgan fingerprint density at radius 2 is 2.00 bits per heavy atom. The Hall–Kier alpha value is -2.02. The second-order valence-electron chi connectivity index (χ2n) is 6.04. The highest BCUT2D eigenvalue weighted by atomic mass is 32.2. The van der Waals surface area contributed by atoms with E-state index in [0.717, 1.165) is 54.8 Å². The Balaban J connectivity index is 1.83. The highest BCUT2D eigenvalue weighted by molar-refractivity contribution is 8.00. The van der Waals surface area contributed by atoms with Gasteiger partial charge in [-0.25, -0.2) is 0 Å². The molecule has 0 saturated carbocycles. The van der Waals surface area contributed by atoms with Crippen LogP contribution in [0.1, 0.15) is 26.7 Å². The first-order valence-electron chi connectivity index (χ1n) is 8.67. The number of benzene rings is 1. The topological polar surface area (TPSA) is 60.2 Å². The lowest BCUT2D eigenvalue weighted by atomic mass is 10.2. The van der Waals surface area contributed by atoms with Crippen molar-refractivity contribution in [2.45, 2.75) is 43.6 Å². The number of carbonyl (C=O) groups excluding carboxylic acids is 1. The van der Waals surface area contributed by atoms with Crippen LogP contribution in [0.3, 0.4) is 0 Å². The fourth-order valence-corrected chi connectivity index (χ4v) is 4.09. The zero-order valence-corrected chi connectivity index (χ0v) is 15.8. The van der Waals surface area contributed by atoms with Crippen molar-refractivity contribution in [3.05, 3.63) is 24.3 Å². The Bertz CT molecular complexity index is 740. The lowest BCUT2D eigenvalue weighted by Crippen LogP contribution is -2.34. The molecule has 1 aliphatic rings. The molecule has 25 heavy (non-hydrogen) atoms. The zero-order valence-electron chi connectivity index (χ0n) is 14.9. The number of amides is 1. The summed E-state index contributed by atoms with van der Waals surface area (Å²) in [7, 11) is 1.65. The zero-order chi connectivity index (χ0) is 17.8. The fraction of sp³-hybridized carbons (Fsp3) is 0.500. The van der Waals surface area contributed by atoms with E-state index in [2.05, 4.69) is 17.1 Å². The average molecular weight is 360 g/mol. The number of hydrogen-bond acceptors (Lipinski definition) is 5. The molecule has 0 radical (unpaired) electrons. The van der Waals surface area contributed by atoms with Gasteiger partial charge in [0.15, 0.2) is 11.0 Å². The molecule has 0 spiro atoms. The van der Waals surface area contributed by atoms with Crippen molar-refractivity contribution in [3.63, 3.8) is 0 Å². The minimum Gasteiger partial charge on any atom is -0.496 e. The van der Waals surface area contributed by atoms with Crippen molar-refractivity contribution in [1.29, 1.82) is 0 Å². The minimum atomic E-state index is -0.168. The second-order valence-corrected chi connectivity index (χ2v) is 7.35. The van der Waals surface area contributed by atoms with E-state index in [1.165, 1.54) is 11.8 Å². The van der Waals surface area contributed by atoms with Crippen molar-refractivity contribution < 1.29 is 9.53 Å². The molecule has 0 N–H and O–H groups in total. The number of nitrogens with zero attached hydrogens (tertiary/aromatic N) is 4. The third-order valence-electron chi connectivity index (χ3n) is 4.43. The highest BCUT2D eigenvalue weighted by Gasteiger charge is 2.26. The Kier molecular flexibility index (Phi) is 5.63. The van der Waals surface area contributed by atoms with Gasteiger partial charge in [-0.3, -0.25) is 4.79 Å². The minimum absolute atomic E-state index is 0.168. The summed E-state index contributed by atoms with van der Waals surface area (Å²) in [5.74, 6) is 1.72. The quantitative estimate of drug-likeness (QED) is 0.741. The summed E-state index contributed by atoms with van der Waals surface area (Å²) in [6, 6.07) is 7.78. The van der Waals surface area contributed by atoms with Gasteiger partial charge in [-0.15, -0.1) is 10.2 Å². The van der Waals surface area contributed by atoms with Crippen LogP contribution in [0.15, 0.2) is 29.4 Å². The van der Waals surface area contributed by atoms with Crippen LogP contribution in [0.4, 0.5) is 0 Å². The number of likely N-dealkylation sites (tertiary alicyclic amines) is 1. The van der Waals surface area contributed by atoms with Crippen LogP contribution in [-0.4, -0.2) is 51.0 Å². The maximum atomic E-state index is 12.6. The van der Waals surface area contributed by atoms with Gasteiger partial charge in [0.25, 0.3) is 0 Å². The molecule has 3 rings (SSSR count). The van der Waals surface area contributed by atoms with Gasteiger partial charge in [0.1, 0.15) is 5.75 Å². The first-order valence-corrected chi connectivity index (χ1v) is 9.55. The van der Waals surface area contributed by atoms with Crippen molar-refractivity contribution in [2.75, 3.05) is 20.2 Å².